The van der Waals surface area contributed by atoms with Gasteiger partial charge in [-0.1, -0.05) is 20.8 Å². The molecule has 2 unspecified atom stereocenters. The van der Waals surface area contributed by atoms with Crippen LogP contribution in [0.3, 0.4) is 0 Å². The van der Waals surface area contributed by atoms with Crippen LogP contribution in [0.15, 0.2) is 18.2 Å². The van der Waals surface area contributed by atoms with E-state index in [1.54, 1.807) is 0 Å². The molecule has 1 aromatic rings. The van der Waals surface area contributed by atoms with Crippen molar-refractivity contribution in [2.24, 2.45) is 11.1 Å². The van der Waals surface area contributed by atoms with Crippen LogP contribution in [0.25, 0.3) is 0 Å². The van der Waals surface area contributed by atoms with Crippen molar-refractivity contribution in [2.45, 2.75) is 46.3 Å². The van der Waals surface area contributed by atoms with E-state index in [1.165, 1.54) is 6.07 Å². The van der Waals surface area contributed by atoms with Gasteiger partial charge in [-0.3, -0.25) is 0 Å². The van der Waals surface area contributed by atoms with Crippen LogP contribution in [-0.2, 0) is 11.2 Å². The van der Waals surface area contributed by atoms with Crippen molar-refractivity contribution in [1.82, 2.24) is 0 Å². The second kappa shape index (κ2) is 6.44. The van der Waals surface area contributed by atoms with Crippen molar-refractivity contribution in [3.63, 3.8) is 0 Å². The number of ether oxygens (including phenoxy) is 1. The Morgan fingerprint density at radius 1 is 1.26 bits per heavy atom. The maximum atomic E-state index is 13.6. The largest absolute Gasteiger partial charge is 0.376 e. The third-order valence-corrected chi connectivity index (χ3v) is 3.05. The van der Waals surface area contributed by atoms with Crippen LogP contribution in [0, 0.1) is 17.0 Å². The monoisotopic (exact) mass is 271 g/mol. The molecule has 0 saturated heterocycles. The van der Waals surface area contributed by atoms with E-state index in [1.807, 2.05) is 27.7 Å². The molecule has 1 aromatic carbocycles. The first kappa shape index (κ1) is 16.1. The quantitative estimate of drug-likeness (QED) is 0.892. The molecule has 4 heteroatoms. The molecule has 1 rings (SSSR count). The minimum Gasteiger partial charge on any atom is -0.376 e. The molecule has 0 radical (unpaired) electrons. The molecule has 0 bridgehead atoms. The van der Waals surface area contributed by atoms with Crippen molar-refractivity contribution in [2.75, 3.05) is 6.61 Å². The second-order valence-electron chi connectivity index (χ2n) is 5.85. The van der Waals surface area contributed by atoms with E-state index >= 15 is 0 Å². The average molecular weight is 271 g/mol. The maximum Gasteiger partial charge on any atom is 0.126 e. The Balaban J connectivity index is 2.87. The summed E-state index contributed by atoms with van der Waals surface area (Å²) < 4.78 is 32.4. The fourth-order valence-electron chi connectivity index (χ4n) is 2.26. The van der Waals surface area contributed by atoms with Gasteiger partial charge >= 0.3 is 0 Å². The highest BCUT2D eigenvalue weighted by molar-refractivity contribution is 5.20. The molecule has 0 fully saturated rings. The summed E-state index contributed by atoms with van der Waals surface area (Å²) in [5, 5.41) is 0. The SMILES string of the molecule is CCOC(C(N)Cc1cc(F)ccc1F)C(C)(C)C. The molecular formula is C15H23F2NO. The summed E-state index contributed by atoms with van der Waals surface area (Å²) in [4.78, 5) is 0. The third-order valence-electron chi connectivity index (χ3n) is 3.05. The number of rotatable bonds is 5. The van der Waals surface area contributed by atoms with E-state index in [0.29, 0.717) is 12.2 Å². The van der Waals surface area contributed by atoms with Crippen LogP contribution in [0.4, 0.5) is 8.78 Å². The lowest BCUT2D eigenvalue weighted by Crippen LogP contribution is -2.46. The lowest BCUT2D eigenvalue weighted by Gasteiger charge is -2.35. The number of halogens is 2. The van der Waals surface area contributed by atoms with Crippen molar-refractivity contribution in [3.8, 4) is 0 Å². The molecule has 19 heavy (non-hydrogen) atoms. The number of benzene rings is 1. The van der Waals surface area contributed by atoms with E-state index in [-0.39, 0.29) is 24.0 Å². The van der Waals surface area contributed by atoms with E-state index < -0.39 is 11.6 Å². The zero-order valence-corrected chi connectivity index (χ0v) is 12.0. The molecule has 0 aliphatic rings. The molecule has 0 aromatic heterocycles. The molecule has 0 heterocycles. The van der Waals surface area contributed by atoms with Crippen LogP contribution >= 0.6 is 0 Å². The van der Waals surface area contributed by atoms with Crippen molar-refractivity contribution in [1.29, 1.82) is 0 Å². The maximum absolute atomic E-state index is 13.6. The Morgan fingerprint density at radius 2 is 1.89 bits per heavy atom. The van der Waals surface area contributed by atoms with E-state index in [9.17, 15) is 8.78 Å². The van der Waals surface area contributed by atoms with Crippen LogP contribution in [0.1, 0.15) is 33.3 Å². The number of nitrogens with two attached hydrogens (primary N) is 1. The molecule has 0 aliphatic heterocycles. The topological polar surface area (TPSA) is 35.2 Å². The molecular weight excluding hydrogens is 248 g/mol. The summed E-state index contributed by atoms with van der Waals surface area (Å²) in [6.07, 6.45) is 0.0473. The van der Waals surface area contributed by atoms with Gasteiger partial charge in [-0.05, 0) is 42.5 Å². The zero-order valence-electron chi connectivity index (χ0n) is 12.0. The van der Waals surface area contributed by atoms with Gasteiger partial charge in [0.1, 0.15) is 11.6 Å². The Hall–Kier alpha value is -1.00. The lowest BCUT2D eigenvalue weighted by atomic mass is 9.82. The summed E-state index contributed by atoms with van der Waals surface area (Å²) in [5.74, 6) is -0.881. The van der Waals surface area contributed by atoms with Gasteiger partial charge in [-0.2, -0.15) is 0 Å². The molecule has 2 nitrogen and oxygen atoms in total. The van der Waals surface area contributed by atoms with E-state index in [4.69, 9.17) is 10.5 Å². The summed E-state index contributed by atoms with van der Waals surface area (Å²) >= 11 is 0. The normalized spacial score (nSPS) is 15.3. The highest BCUT2D eigenvalue weighted by Gasteiger charge is 2.31. The first-order valence-corrected chi connectivity index (χ1v) is 6.56. The van der Waals surface area contributed by atoms with Crippen LogP contribution in [0.5, 0.6) is 0 Å². The number of hydrogen-bond acceptors (Lipinski definition) is 2. The fourth-order valence-corrected chi connectivity index (χ4v) is 2.26. The summed E-state index contributed by atoms with van der Waals surface area (Å²) in [7, 11) is 0. The lowest BCUT2D eigenvalue weighted by molar-refractivity contribution is -0.0275. The number of hydrogen-bond donors (Lipinski definition) is 1. The third kappa shape index (κ3) is 4.55. The first-order valence-electron chi connectivity index (χ1n) is 6.56. The van der Waals surface area contributed by atoms with Gasteiger partial charge in [0.2, 0.25) is 0 Å². The Labute approximate surface area is 114 Å². The van der Waals surface area contributed by atoms with Gasteiger partial charge < -0.3 is 10.5 Å². The molecule has 108 valence electrons. The smallest absolute Gasteiger partial charge is 0.126 e. The average Bonchev–Trinajstić information content (AvgIpc) is 2.29. The van der Waals surface area contributed by atoms with Gasteiger partial charge in [-0.25, -0.2) is 8.78 Å². The van der Waals surface area contributed by atoms with Crippen LogP contribution in [0.2, 0.25) is 0 Å². The van der Waals surface area contributed by atoms with Gasteiger partial charge in [0.05, 0.1) is 6.10 Å². The molecule has 2 N–H and O–H groups in total. The first-order chi connectivity index (χ1) is 8.75. The summed E-state index contributed by atoms with van der Waals surface area (Å²) in [5.41, 5.74) is 6.27. The molecule has 0 spiro atoms. The van der Waals surface area contributed by atoms with Crippen LogP contribution < -0.4 is 5.73 Å². The molecule has 0 aliphatic carbocycles. The Morgan fingerprint density at radius 3 is 2.42 bits per heavy atom. The Kier molecular flexibility index (Phi) is 5.44. The highest BCUT2D eigenvalue weighted by atomic mass is 19.1. The molecule has 0 saturated carbocycles. The zero-order chi connectivity index (χ0) is 14.6. The molecule has 2 atom stereocenters. The van der Waals surface area contributed by atoms with Gasteiger partial charge in [0, 0.05) is 12.6 Å². The van der Waals surface area contributed by atoms with Crippen molar-refractivity contribution < 1.29 is 13.5 Å². The predicted molar refractivity (Wildman–Crippen MR) is 72.9 cm³/mol. The van der Waals surface area contributed by atoms with E-state index in [2.05, 4.69) is 0 Å². The van der Waals surface area contributed by atoms with Crippen molar-refractivity contribution >= 4 is 0 Å². The summed E-state index contributed by atoms with van der Waals surface area (Å²) in [6, 6.07) is 3.05. The minimum absolute atomic E-state index is 0.154. The van der Waals surface area contributed by atoms with Crippen LogP contribution in [-0.4, -0.2) is 18.8 Å². The minimum atomic E-state index is -0.452. The standard InChI is InChI=1S/C15H23F2NO/c1-5-19-14(15(2,3)4)13(18)9-10-8-11(16)6-7-12(10)17/h6-8,13-14H,5,9,18H2,1-4H3. The highest BCUT2D eigenvalue weighted by Crippen LogP contribution is 2.26. The summed E-state index contributed by atoms with van der Waals surface area (Å²) in [6.45, 7) is 8.51. The Bertz CT molecular complexity index is 415. The van der Waals surface area contributed by atoms with Crippen molar-refractivity contribution in [3.05, 3.63) is 35.4 Å². The molecule has 0 amide bonds. The van der Waals surface area contributed by atoms with Gasteiger partial charge in [0.15, 0.2) is 0 Å². The van der Waals surface area contributed by atoms with Gasteiger partial charge in [0.25, 0.3) is 0 Å². The second-order valence-corrected chi connectivity index (χ2v) is 5.85. The fraction of sp³-hybridized carbons (Fsp3) is 0.600. The van der Waals surface area contributed by atoms with Gasteiger partial charge in [-0.15, -0.1) is 0 Å². The predicted octanol–water partition coefficient (Wildman–Crippen LogP) is 3.29. The van der Waals surface area contributed by atoms with E-state index in [0.717, 1.165) is 12.1 Å².